The second-order valence-corrected chi connectivity index (χ2v) is 4.98. The zero-order valence-corrected chi connectivity index (χ0v) is 11.8. The van der Waals surface area contributed by atoms with Gasteiger partial charge >= 0.3 is 5.97 Å². The van der Waals surface area contributed by atoms with Gasteiger partial charge in [-0.2, -0.15) is 0 Å². The standard InChI is InChI=1S/C14H22N2O3/c1-4-16(2,3)11-6-7-12(13(17)10-11)14(18)19-9-5-8-15/h6-7,10H,4-5,8-9,15H2,1-3H3/p+1. The van der Waals surface area contributed by atoms with Crippen LogP contribution in [0.2, 0.25) is 0 Å². The lowest BCUT2D eigenvalue weighted by atomic mass is 10.1. The predicted octanol–water partition coefficient (Wildman–Crippen LogP) is 1.48. The Morgan fingerprint density at radius 3 is 2.63 bits per heavy atom. The molecule has 0 fully saturated rings. The van der Waals surface area contributed by atoms with Gasteiger partial charge in [-0.1, -0.05) is 0 Å². The predicted molar refractivity (Wildman–Crippen MR) is 76.2 cm³/mol. The molecule has 0 saturated carbocycles. The Labute approximate surface area is 114 Å². The summed E-state index contributed by atoms with van der Waals surface area (Å²) >= 11 is 0. The lowest BCUT2D eigenvalue weighted by molar-refractivity contribution is 0.0499. The number of nitrogens with zero attached hydrogens (tertiary/aromatic N) is 1. The van der Waals surface area contributed by atoms with Crippen LogP contribution in [-0.4, -0.2) is 44.9 Å². The second-order valence-electron chi connectivity index (χ2n) is 4.98. The SMILES string of the molecule is CC[N+](C)(C)c1ccc(C(=O)OCCCN)c(O)c1. The van der Waals surface area contributed by atoms with Gasteiger partial charge in [-0.25, -0.2) is 4.79 Å². The first-order valence-corrected chi connectivity index (χ1v) is 6.46. The third kappa shape index (κ3) is 3.94. The number of aromatic hydroxyl groups is 1. The molecule has 5 nitrogen and oxygen atoms in total. The van der Waals surface area contributed by atoms with E-state index in [-0.39, 0.29) is 17.9 Å². The minimum absolute atomic E-state index is 0.0464. The smallest absolute Gasteiger partial charge is 0.341 e. The summed E-state index contributed by atoms with van der Waals surface area (Å²) in [7, 11) is 4.07. The minimum atomic E-state index is -0.515. The van der Waals surface area contributed by atoms with Crippen molar-refractivity contribution in [3.8, 4) is 5.75 Å². The molecule has 0 unspecified atom stereocenters. The topological polar surface area (TPSA) is 72.5 Å². The van der Waals surface area contributed by atoms with Crippen LogP contribution >= 0.6 is 0 Å². The van der Waals surface area contributed by atoms with Crippen LogP contribution in [0.3, 0.4) is 0 Å². The zero-order chi connectivity index (χ0) is 14.5. The third-order valence-corrected chi connectivity index (χ3v) is 3.27. The van der Waals surface area contributed by atoms with Crippen molar-refractivity contribution >= 4 is 11.7 Å². The molecule has 0 aromatic heterocycles. The molecule has 0 aliphatic heterocycles. The summed E-state index contributed by atoms with van der Waals surface area (Å²) in [5.41, 5.74) is 6.46. The van der Waals surface area contributed by atoms with Gasteiger partial charge in [0, 0.05) is 12.1 Å². The van der Waals surface area contributed by atoms with E-state index in [0.717, 1.165) is 12.2 Å². The first-order chi connectivity index (χ1) is 8.92. The van der Waals surface area contributed by atoms with Crippen molar-refractivity contribution in [1.82, 2.24) is 4.48 Å². The normalized spacial score (nSPS) is 11.4. The number of hydrogen-bond acceptors (Lipinski definition) is 4. The molecule has 0 amide bonds. The van der Waals surface area contributed by atoms with Crippen LogP contribution in [0.25, 0.3) is 0 Å². The van der Waals surface area contributed by atoms with Gasteiger partial charge in [-0.05, 0) is 26.0 Å². The first kappa shape index (κ1) is 15.5. The quantitative estimate of drug-likeness (QED) is 0.465. The highest BCUT2D eigenvalue weighted by Gasteiger charge is 2.20. The Kier molecular flexibility index (Phi) is 5.32. The monoisotopic (exact) mass is 267 g/mol. The average Bonchev–Trinajstić information content (AvgIpc) is 2.38. The van der Waals surface area contributed by atoms with Gasteiger partial charge in [-0.3, -0.25) is 4.48 Å². The number of phenols is 1. The minimum Gasteiger partial charge on any atom is -0.507 e. The summed E-state index contributed by atoms with van der Waals surface area (Å²) in [6.45, 7) is 3.69. The Balaban J connectivity index is 2.86. The van der Waals surface area contributed by atoms with Gasteiger partial charge in [0.2, 0.25) is 0 Å². The van der Waals surface area contributed by atoms with E-state index in [4.69, 9.17) is 10.5 Å². The Morgan fingerprint density at radius 1 is 1.42 bits per heavy atom. The molecule has 19 heavy (non-hydrogen) atoms. The van der Waals surface area contributed by atoms with E-state index >= 15 is 0 Å². The number of carbonyl (C=O) groups excluding carboxylic acids is 1. The highest BCUT2D eigenvalue weighted by Crippen LogP contribution is 2.27. The Bertz CT molecular complexity index is 444. The lowest BCUT2D eigenvalue weighted by Gasteiger charge is -2.27. The summed E-state index contributed by atoms with van der Waals surface area (Å²) in [6.07, 6.45) is 0.615. The molecule has 0 aliphatic carbocycles. The number of quaternary nitrogens is 1. The molecule has 106 valence electrons. The van der Waals surface area contributed by atoms with Gasteiger partial charge < -0.3 is 15.6 Å². The van der Waals surface area contributed by atoms with Crippen molar-refractivity contribution in [3.05, 3.63) is 23.8 Å². The molecule has 0 radical (unpaired) electrons. The Hall–Kier alpha value is -1.59. The number of esters is 1. The number of benzene rings is 1. The zero-order valence-electron chi connectivity index (χ0n) is 11.8. The number of hydrogen-bond donors (Lipinski definition) is 2. The maximum absolute atomic E-state index is 11.7. The van der Waals surface area contributed by atoms with Gasteiger partial charge in [0.25, 0.3) is 0 Å². The molecule has 0 bridgehead atoms. The molecule has 1 aromatic carbocycles. The van der Waals surface area contributed by atoms with Crippen LogP contribution in [-0.2, 0) is 4.74 Å². The Morgan fingerprint density at radius 2 is 2.11 bits per heavy atom. The first-order valence-electron chi connectivity index (χ1n) is 6.46. The number of carbonyl (C=O) groups is 1. The molecule has 0 heterocycles. The molecular weight excluding hydrogens is 244 g/mol. The van der Waals surface area contributed by atoms with E-state index in [1.54, 1.807) is 12.1 Å². The number of nitrogens with two attached hydrogens (primary N) is 1. The summed E-state index contributed by atoms with van der Waals surface area (Å²) < 4.78 is 5.65. The maximum Gasteiger partial charge on any atom is 0.341 e. The van der Waals surface area contributed by atoms with Crippen molar-refractivity contribution in [3.63, 3.8) is 0 Å². The van der Waals surface area contributed by atoms with Gasteiger partial charge in [0.1, 0.15) is 17.0 Å². The highest BCUT2D eigenvalue weighted by molar-refractivity contribution is 5.93. The van der Waals surface area contributed by atoms with E-state index in [9.17, 15) is 9.90 Å². The summed E-state index contributed by atoms with van der Waals surface area (Å²) in [4.78, 5) is 11.7. The maximum atomic E-state index is 11.7. The van der Waals surface area contributed by atoms with E-state index in [1.807, 2.05) is 20.2 Å². The van der Waals surface area contributed by atoms with Crippen LogP contribution in [0.5, 0.6) is 5.75 Å². The summed E-state index contributed by atoms with van der Waals surface area (Å²) in [5.74, 6) is -0.561. The van der Waals surface area contributed by atoms with Crippen LogP contribution in [0.1, 0.15) is 23.7 Å². The van der Waals surface area contributed by atoms with E-state index in [1.165, 1.54) is 0 Å². The largest absolute Gasteiger partial charge is 0.507 e. The van der Waals surface area contributed by atoms with Crippen molar-refractivity contribution in [1.29, 1.82) is 0 Å². The summed E-state index contributed by atoms with van der Waals surface area (Å²) in [5, 5.41) is 9.94. The van der Waals surface area contributed by atoms with Crippen molar-refractivity contribution in [2.24, 2.45) is 5.73 Å². The third-order valence-electron chi connectivity index (χ3n) is 3.27. The average molecular weight is 267 g/mol. The van der Waals surface area contributed by atoms with Gasteiger partial charge in [0.05, 0.1) is 27.2 Å². The summed E-state index contributed by atoms with van der Waals surface area (Å²) in [6, 6.07) is 5.05. The molecule has 0 aliphatic rings. The van der Waals surface area contributed by atoms with Crippen molar-refractivity contribution in [2.75, 3.05) is 33.8 Å². The molecule has 0 spiro atoms. The van der Waals surface area contributed by atoms with Crippen LogP contribution in [0, 0.1) is 0 Å². The van der Waals surface area contributed by atoms with Crippen LogP contribution in [0.4, 0.5) is 5.69 Å². The lowest BCUT2D eigenvalue weighted by Crippen LogP contribution is -2.39. The fraction of sp³-hybridized carbons (Fsp3) is 0.500. The van der Waals surface area contributed by atoms with Gasteiger partial charge in [-0.15, -0.1) is 0 Å². The number of phenolic OH excluding ortho intramolecular Hbond substituents is 1. The van der Waals surface area contributed by atoms with Crippen molar-refractivity contribution in [2.45, 2.75) is 13.3 Å². The van der Waals surface area contributed by atoms with Gasteiger partial charge in [0.15, 0.2) is 0 Å². The highest BCUT2D eigenvalue weighted by atomic mass is 16.5. The second kappa shape index (κ2) is 6.54. The number of rotatable bonds is 6. The molecule has 0 atom stereocenters. The van der Waals surface area contributed by atoms with Crippen LogP contribution in [0.15, 0.2) is 18.2 Å². The van der Waals surface area contributed by atoms with E-state index in [0.29, 0.717) is 17.4 Å². The molecule has 1 rings (SSSR count). The fourth-order valence-electron chi connectivity index (χ4n) is 1.58. The molecule has 0 saturated heterocycles. The molecule has 1 aromatic rings. The number of ether oxygens (including phenoxy) is 1. The van der Waals surface area contributed by atoms with Crippen LogP contribution < -0.4 is 10.2 Å². The van der Waals surface area contributed by atoms with E-state index in [2.05, 4.69) is 6.92 Å². The molecule has 5 heteroatoms. The fourth-order valence-corrected chi connectivity index (χ4v) is 1.58. The molecule has 3 N–H and O–H groups in total. The van der Waals surface area contributed by atoms with Crippen molar-refractivity contribution < 1.29 is 14.6 Å². The van der Waals surface area contributed by atoms with E-state index < -0.39 is 5.97 Å². The molecular formula is C14H23N2O3+.